The number of ether oxygens (including phenoxy) is 2. The quantitative estimate of drug-likeness (QED) is 0.656. The smallest absolute Gasteiger partial charge is 0.413 e. The number of hydrogen-bond donors (Lipinski definition) is 2. The van der Waals surface area contributed by atoms with Gasteiger partial charge in [-0.25, -0.2) is 9.78 Å². The highest BCUT2D eigenvalue weighted by Gasteiger charge is 2.21. The molecule has 2 N–H and O–H groups in total. The van der Waals surface area contributed by atoms with Gasteiger partial charge in [-0.3, -0.25) is 5.32 Å². The van der Waals surface area contributed by atoms with Crippen molar-refractivity contribution in [2.24, 2.45) is 0 Å². The van der Waals surface area contributed by atoms with Crippen molar-refractivity contribution in [2.45, 2.75) is 4.90 Å². The van der Waals surface area contributed by atoms with Crippen LogP contribution in [-0.2, 0) is 14.9 Å². The molecule has 3 rings (SSSR count). The second-order valence-electron chi connectivity index (χ2n) is 5.07. The van der Waals surface area contributed by atoms with E-state index in [1.807, 2.05) is 0 Å². The summed E-state index contributed by atoms with van der Waals surface area (Å²) < 4.78 is 39.7. The number of hydrogen-bond acceptors (Lipinski definition) is 7. The molecule has 1 aromatic heterocycles. The molecule has 0 aliphatic carbocycles. The predicted octanol–water partition coefficient (Wildman–Crippen LogP) is 2.52. The molecule has 9 nitrogen and oxygen atoms in total. The van der Waals surface area contributed by atoms with Crippen molar-refractivity contribution < 1.29 is 26.9 Å². The number of nitrogens with zero attached hydrogens (tertiary/aromatic N) is 1. The number of methoxy groups -OCH3 is 2. The number of carbonyl (C=O) groups is 1. The van der Waals surface area contributed by atoms with Gasteiger partial charge in [-0.1, -0.05) is 12.1 Å². The number of H-pyrrole nitrogens is 1. The van der Waals surface area contributed by atoms with E-state index in [4.69, 9.17) is 8.92 Å². The third-order valence-corrected chi connectivity index (χ3v) is 4.69. The van der Waals surface area contributed by atoms with E-state index in [2.05, 4.69) is 20.0 Å². The largest absolute Gasteiger partial charge is 0.495 e. The maximum absolute atomic E-state index is 12.5. The summed E-state index contributed by atoms with van der Waals surface area (Å²) in [5, 5.41) is 2.39. The van der Waals surface area contributed by atoms with Gasteiger partial charge in [0.25, 0.3) is 0 Å². The van der Waals surface area contributed by atoms with E-state index >= 15 is 0 Å². The van der Waals surface area contributed by atoms with Crippen molar-refractivity contribution in [1.29, 1.82) is 0 Å². The Morgan fingerprint density at radius 2 is 1.92 bits per heavy atom. The van der Waals surface area contributed by atoms with Gasteiger partial charge in [0.1, 0.15) is 16.4 Å². The third-order valence-electron chi connectivity index (χ3n) is 3.40. The van der Waals surface area contributed by atoms with E-state index in [9.17, 15) is 13.2 Å². The average Bonchev–Trinajstić information content (AvgIpc) is 3.02. The Bertz CT molecular complexity index is 1060. The lowest BCUT2D eigenvalue weighted by Gasteiger charge is -2.10. The summed E-state index contributed by atoms with van der Waals surface area (Å²) in [5.74, 6) is 0.424. The van der Waals surface area contributed by atoms with E-state index in [0.29, 0.717) is 11.0 Å². The molecule has 0 saturated carbocycles. The van der Waals surface area contributed by atoms with Crippen LogP contribution in [0.5, 0.6) is 11.5 Å². The standard InChI is InChI=1S/C16H15N3O6S/c1-23-13-5-3-4-6-14(13)26(21,22)25-10-7-8-11-12(9-10)18-15(17-11)19-16(20)24-2/h3-9H,1-2H3,(H2,17,18,19,20). The molecule has 0 aliphatic rings. The fourth-order valence-corrected chi connectivity index (χ4v) is 3.33. The highest BCUT2D eigenvalue weighted by Crippen LogP contribution is 2.28. The van der Waals surface area contributed by atoms with E-state index in [0.717, 1.165) is 0 Å². The molecule has 0 unspecified atom stereocenters. The molecule has 0 saturated heterocycles. The Kier molecular flexibility index (Phi) is 4.67. The fourth-order valence-electron chi connectivity index (χ4n) is 2.24. The zero-order chi connectivity index (χ0) is 18.7. The van der Waals surface area contributed by atoms with Gasteiger partial charge >= 0.3 is 16.2 Å². The van der Waals surface area contributed by atoms with Gasteiger partial charge in [0.05, 0.1) is 25.3 Å². The Morgan fingerprint density at radius 1 is 1.15 bits per heavy atom. The molecule has 0 bridgehead atoms. The number of fused-ring (bicyclic) bond motifs is 1. The molecule has 0 atom stereocenters. The molecule has 26 heavy (non-hydrogen) atoms. The van der Waals surface area contributed by atoms with Crippen LogP contribution >= 0.6 is 0 Å². The lowest BCUT2D eigenvalue weighted by molar-refractivity contribution is 0.186. The van der Waals surface area contributed by atoms with Gasteiger partial charge in [-0.15, -0.1) is 0 Å². The van der Waals surface area contributed by atoms with Gasteiger partial charge in [-0.05, 0) is 24.3 Å². The van der Waals surface area contributed by atoms with Crippen molar-refractivity contribution >= 4 is 33.2 Å². The SMILES string of the molecule is COC(=O)Nc1nc2ccc(OS(=O)(=O)c3ccccc3OC)cc2[nH]1. The summed E-state index contributed by atoms with van der Waals surface area (Å²) in [7, 11) is -1.49. The maximum atomic E-state index is 12.5. The summed E-state index contributed by atoms with van der Waals surface area (Å²) in [5.41, 5.74) is 0.988. The number of para-hydroxylation sites is 1. The van der Waals surface area contributed by atoms with Crippen molar-refractivity contribution in [3.05, 3.63) is 42.5 Å². The normalized spacial score (nSPS) is 11.2. The van der Waals surface area contributed by atoms with Gasteiger partial charge in [-0.2, -0.15) is 8.42 Å². The molecule has 1 amide bonds. The molecule has 0 radical (unpaired) electrons. The first-order valence-corrected chi connectivity index (χ1v) is 8.76. The lowest BCUT2D eigenvalue weighted by atomic mass is 10.3. The number of benzene rings is 2. The summed E-state index contributed by atoms with van der Waals surface area (Å²) in [6.45, 7) is 0. The summed E-state index contributed by atoms with van der Waals surface area (Å²) in [6, 6.07) is 10.6. The molecule has 0 aliphatic heterocycles. The van der Waals surface area contributed by atoms with Gasteiger partial charge < -0.3 is 18.6 Å². The number of carbonyl (C=O) groups excluding carboxylic acids is 1. The molecule has 0 spiro atoms. The number of aromatic amines is 1. The topological polar surface area (TPSA) is 120 Å². The predicted molar refractivity (Wildman–Crippen MR) is 92.9 cm³/mol. The Labute approximate surface area is 149 Å². The summed E-state index contributed by atoms with van der Waals surface area (Å²) >= 11 is 0. The molecular weight excluding hydrogens is 362 g/mol. The molecule has 136 valence electrons. The van der Waals surface area contributed by atoms with Crippen molar-refractivity contribution in [3.63, 3.8) is 0 Å². The van der Waals surface area contributed by atoms with Gasteiger partial charge in [0.2, 0.25) is 5.95 Å². The first kappa shape index (κ1) is 17.5. The Hall–Kier alpha value is -3.27. The van der Waals surface area contributed by atoms with E-state index in [1.54, 1.807) is 18.2 Å². The highest BCUT2D eigenvalue weighted by atomic mass is 32.2. The zero-order valence-electron chi connectivity index (χ0n) is 13.8. The minimum absolute atomic E-state index is 0.0803. The molecule has 10 heteroatoms. The van der Waals surface area contributed by atoms with Crippen LogP contribution < -0.4 is 14.2 Å². The lowest BCUT2D eigenvalue weighted by Crippen LogP contribution is -2.11. The average molecular weight is 377 g/mol. The fraction of sp³-hybridized carbons (Fsp3) is 0.125. The molecule has 3 aromatic rings. The summed E-state index contributed by atoms with van der Waals surface area (Å²) in [6.07, 6.45) is -0.681. The van der Waals surface area contributed by atoms with Crippen LogP contribution in [0.2, 0.25) is 0 Å². The number of nitrogens with one attached hydrogen (secondary N) is 2. The van der Waals surface area contributed by atoms with E-state index in [-0.39, 0.29) is 22.3 Å². The molecule has 0 fully saturated rings. The van der Waals surface area contributed by atoms with Crippen molar-refractivity contribution in [3.8, 4) is 11.5 Å². The zero-order valence-corrected chi connectivity index (χ0v) is 14.7. The first-order valence-electron chi connectivity index (χ1n) is 7.35. The molecular formula is C16H15N3O6S. The monoisotopic (exact) mass is 377 g/mol. The second kappa shape index (κ2) is 6.92. The molecule has 2 aromatic carbocycles. The van der Waals surface area contributed by atoms with Crippen LogP contribution in [0, 0.1) is 0 Å². The number of rotatable bonds is 5. The highest BCUT2D eigenvalue weighted by molar-refractivity contribution is 7.87. The van der Waals surface area contributed by atoms with Crippen LogP contribution in [0.25, 0.3) is 11.0 Å². The van der Waals surface area contributed by atoms with Crippen LogP contribution in [0.15, 0.2) is 47.4 Å². The van der Waals surface area contributed by atoms with Crippen LogP contribution in [0.4, 0.5) is 10.7 Å². The maximum Gasteiger partial charge on any atom is 0.413 e. The van der Waals surface area contributed by atoms with E-state index < -0.39 is 16.2 Å². The van der Waals surface area contributed by atoms with Crippen LogP contribution in [0.1, 0.15) is 0 Å². The van der Waals surface area contributed by atoms with Gasteiger partial charge in [0, 0.05) is 6.07 Å². The minimum atomic E-state index is -4.09. The van der Waals surface area contributed by atoms with Crippen LogP contribution in [0.3, 0.4) is 0 Å². The first-order chi connectivity index (χ1) is 12.4. The number of amides is 1. The van der Waals surface area contributed by atoms with Crippen molar-refractivity contribution in [1.82, 2.24) is 9.97 Å². The second-order valence-corrected chi connectivity index (χ2v) is 6.58. The minimum Gasteiger partial charge on any atom is -0.495 e. The van der Waals surface area contributed by atoms with Crippen molar-refractivity contribution in [2.75, 3.05) is 19.5 Å². The number of aromatic nitrogens is 2. The number of anilines is 1. The van der Waals surface area contributed by atoms with Gasteiger partial charge in [0.15, 0.2) is 0 Å². The third kappa shape index (κ3) is 3.54. The van der Waals surface area contributed by atoms with Crippen LogP contribution in [-0.4, -0.2) is 38.7 Å². The Balaban J connectivity index is 1.89. The van der Waals surface area contributed by atoms with E-state index in [1.165, 1.54) is 38.5 Å². The molecule has 1 heterocycles. The summed E-state index contributed by atoms with van der Waals surface area (Å²) in [4.78, 5) is 18.1. The Morgan fingerprint density at radius 3 is 2.65 bits per heavy atom. The number of imidazole rings is 1.